The molecule has 1 unspecified atom stereocenters. The summed E-state index contributed by atoms with van der Waals surface area (Å²) in [7, 11) is -3.95. The fraction of sp³-hybridized carbons (Fsp3) is 0.214. The molecule has 5 rings (SSSR count). The van der Waals surface area contributed by atoms with E-state index in [1.807, 2.05) is 6.92 Å². The Morgan fingerprint density at radius 2 is 1.84 bits per heavy atom. The molecule has 2 heterocycles. The van der Waals surface area contributed by atoms with Gasteiger partial charge in [0.05, 0.1) is 21.8 Å². The molecule has 7 nitrogen and oxygen atoms in total. The minimum Gasteiger partial charge on any atom is -0.333 e. The van der Waals surface area contributed by atoms with E-state index in [-0.39, 0.29) is 33.4 Å². The van der Waals surface area contributed by atoms with Crippen molar-refractivity contribution >= 4 is 44.1 Å². The summed E-state index contributed by atoms with van der Waals surface area (Å²) in [5.74, 6) is -0.476. The summed E-state index contributed by atoms with van der Waals surface area (Å²) in [6.07, 6.45) is 1.54. The maximum absolute atomic E-state index is 13.3. The smallest absolute Gasteiger partial charge is 0.264 e. The van der Waals surface area contributed by atoms with Crippen molar-refractivity contribution in [1.29, 1.82) is 0 Å². The molecule has 0 spiro atoms. The number of anilines is 1. The van der Waals surface area contributed by atoms with E-state index in [4.69, 9.17) is 11.6 Å². The molecule has 196 valence electrons. The zero-order valence-electron chi connectivity index (χ0n) is 20.6. The third-order valence-corrected chi connectivity index (χ3v) is 8.35. The molecule has 1 aliphatic rings. The Hall–Kier alpha value is -3.53. The molecule has 1 saturated heterocycles. The van der Waals surface area contributed by atoms with Crippen LogP contribution < -0.4 is 4.72 Å². The highest BCUT2D eigenvalue weighted by molar-refractivity contribution is 7.93. The number of nitrogens with zero attached hydrogens (tertiary/aromatic N) is 3. The van der Waals surface area contributed by atoms with Crippen molar-refractivity contribution in [3.63, 3.8) is 0 Å². The average Bonchev–Trinajstić information content (AvgIpc) is 2.89. The average molecular weight is 553 g/mol. The molecular formula is C28H26ClFN4O3S. The molecule has 1 atom stereocenters. The van der Waals surface area contributed by atoms with Crippen molar-refractivity contribution in [3.8, 4) is 0 Å². The molecule has 0 bridgehead atoms. The minimum absolute atomic E-state index is 0.0548. The minimum atomic E-state index is -3.95. The van der Waals surface area contributed by atoms with Gasteiger partial charge in [0, 0.05) is 43.8 Å². The molecular weight excluding hydrogens is 527 g/mol. The fourth-order valence-electron chi connectivity index (χ4n) is 4.74. The number of amides is 1. The summed E-state index contributed by atoms with van der Waals surface area (Å²) in [6.45, 7) is 4.50. The van der Waals surface area contributed by atoms with Crippen molar-refractivity contribution in [2.45, 2.75) is 24.4 Å². The second kappa shape index (κ2) is 10.7. The molecule has 1 fully saturated rings. The Morgan fingerprint density at radius 1 is 1.08 bits per heavy atom. The number of aromatic nitrogens is 1. The van der Waals surface area contributed by atoms with E-state index in [0.29, 0.717) is 42.6 Å². The summed E-state index contributed by atoms with van der Waals surface area (Å²) in [5, 5.41) is 0.869. The molecule has 38 heavy (non-hydrogen) atoms. The largest absolute Gasteiger partial charge is 0.333 e. The highest BCUT2D eigenvalue weighted by atomic mass is 35.5. The molecule has 1 aromatic heterocycles. The summed E-state index contributed by atoms with van der Waals surface area (Å²) >= 11 is 6.47. The van der Waals surface area contributed by atoms with Crippen LogP contribution in [0.5, 0.6) is 0 Å². The summed E-state index contributed by atoms with van der Waals surface area (Å²) in [6, 6.07) is 19.4. The molecule has 0 aliphatic carbocycles. The van der Waals surface area contributed by atoms with Crippen LogP contribution in [-0.4, -0.2) is 54.8 Å². The van der Waals surface area contributed by atoms with E-state index in [0.717, 1.165) is 5.56 Å². The monoisotopic (exact) mass is 552 g/mol. The normalized spacial score (nSPS) is 16.5. The molecule has 0 radical (unpaired) electrons. The highest BCUT2D eigenvalue weighted by Crippen LogP contribution is 2.28. The number of hydrogen-bond acceptors (Lipinski definition) is 5. The fourth-order valence-corrected chi connectivity index (χ4v) is 6.23. The Balaban J connectivity index is 1.28. The van der Waals surface area contributed by atoms with Gasteiger partial charge in [-0.15, -0.1) is 0 Å². The van der Waals surface area contributed by atoms with Crippen LogP contribution in [0.3, 0.4) is 0 Å². The second-order valence-corrected chi connectivity index (χ2v) is 11.4. The number of rotatable bonds is 6. The topological polar surface area (TPSA) is 82.6 Å². The van der Waals surface area contributed by atoms with Crippen LogP contribution in [0.25, 0.3) is 10.9 Å². The van der Waals surface area contributed by atoms with Gasteiger partial charge in [0.2, 0.25) is 0 Å². The Kier molecular flexibility index (Phi) is 7.34. The number of carbonyl (C=O) groups excluding carboxylic acids is 1. The van der Waals surface area contributed by atoms with Crippen LogP contribution in [-0.2, 0) is 16.6 Å². The van der Waals surface area contributed by atoms with E-state index in [2.05, 4.69) is 14.6 Å². The van der Waals surface area contributed by atoms with Gasteiger partial charge in [-0.2, -0.15) is 0 Å². The first-order valence-corrected chi connectivity index (χ1v) is 14.0. The number of pyridine rings is 1. The van der Waals surface area contributed by atoms with Crippen molar-refractivity contribution in [2.24, 2.45) is 0 Å². The van der Waals surface area contributed by atoms with Gasteiger partial charge in [-0.3, -0.25) is 19.4 Å². The van der Waals surface area contributed by atoms with Gasteiger partial charge >= 0.3 is 0 Å². The van der Waals surface area contributed by atoms with Crippen molar-refractivity contribution in [3.05, 3.63) is 101 Å². The maximum Gasteiger partial charge on any atom is 0.264 e. The number of halogens is 2. The van der Waals surface area contributed by atoms with E-state index in [1.54, 1.807) is 53.6 Å². The van der Waals surface area contributed by atoms with E-state index in [9.17, 15) is 17.6 Å². The number of para-hydroxylation sites is 1. The van der Waals surface area contributed by atoms with Crippen LogP contribution in [0.2, 0.25) is 5.02 Å². The molecule has 1 N–H and O–H groups in total. The third kappa shape index (κ3) is 5.50. The molecule has 4 aromatic rings. The number of piperazine rings is 1. The first-order chi connectivity index (χ1) is 18.2. The highest BCUT2D eigenvalue weighted by Gasteiger charge is 2.29. The van der Waals surface area contributed by atoms with Gasteiger partial charge in [-0.1, -0.05) is 41.9 Å². The first kappa shape index (κ1) is 26.1. The summed E-state index contributed by atoms with van der Waals surface area (Å²) < 4.78 is 42.0. The zero-order chi connectivity index (χ0) is 26.9. The number of carbonyl (C=O) groups is 1. The van der Waals surface area contributed by atoms with Crippen LogP contribution in [0.15, 0.2) is 83.9 Å². The summed E-state index contributed by atoms with van der Waals surface area (Å²) in [5.41, 5.74) is 1.93. The number of fused-ring (bicyclic) bond motifs is 1. The van der Waals surface area contributed by atoms with Crippen molar-refractivity contribution < 1.29 is 17.6 Å². The molecule has 3 aromatic carbocycles. The predicted octanol–water partition coefficient (Wildman–Crippen LogP) is 5.17. The van der Waals surface area contributed by atoms with Crippen LogP contribution in [0.4, 0.5) is 10.1 Å². The maximum atomic E-state index is 13.3. The Bertz CT molecular complexity index is 1590. The number of nitrogens with one attached hydrogen (secondary N) is 1. The van der Waals surface area contributed by atoms with Gasteiger partial charge in [-0.05, 0) is 55.0 Å². The number of sulfonamides is 1. The van der Waals surface area contributed by atoms with E-state index in [1.165, 1.54) is 30.3 Å². The van der Waals surface area contributed by atoms with Crippen LogP contribution in [0, 0.1) is 5.82 Å². The van der Waals surface area contributed by atoms with Gasteiger partial charge in [-0.25, -0.2) is 12.8 Å². The van der Waals surface area contributed by atoms with E-state index >= 15 is 0 Å². The van der Waals surface area contributed by atoms with Crippen molar-refractivity contribution in [2.75, 3.05) is 24.4 Å². The zero-order valence-corrected chi connectivity index (χ0v) is 22.2. The van der Waals surface area contributed by atoms with Gasteiger partial charge in [0.1, 0.15) is 10.7 Å². The molecule has 0 saturated carbocycles. The molecule has 10 heteroatoms. The lowest BCUT2D eigenvalue weighted by Gasteiger charge is -2.40. The lowest BCUT2D eigenvalue weighted by atomic mass is 10.1. The van der Waals surface area contributed by atoms with Gasteiger partial charge in [0.25, 0.3) is 15.9 Å². The lowest BCUT2D eigenvalue weighted by Crippen LogP contribution is -2.53. The standard InChI is InChI=1S/C28H26ClFN4O3S/c1-19-17-33(18-20-7-9-22(30)10-8-20)14-15-34(19)28(35)24-12-11-23(16-25(24)29)32-38(36,37)26-6-2-4-21-5-3-13-31-27(21)26/h2-13,16,19,32H,14-15,17-18H2,1H3. The third-order valence-electron chi connectivity index (χ3n) is 6.63. The van der Waals surface area contributed by atoms with Crippen LogP contribution >= 0.6 is 11.6 Å². The second-order valence-electron chi connectivity index (χ2n) is 9.34. The predicted molar refractivity (Wildman–Crippen MR) is 146 cm³/mol. The Morgan fingerprint density at radius 3 is 2.58 bits per heavy atom. The quantitative estimate of drug-likeness (QED) is 0.357. The van der Waals surface area contributed by atoms with Gasteiger partial charge < -0.3 is 4.90 Å². The van der Waals surface area contributed by atoms with E-state index < -0.39 is 10.0 Å². The first-order valence-electron chi connectivity index (χ1n) is 12.2. The van der Waals surface area contributed by atoms with Crippen LogP contribution in [0.1, 0.15) is 22.8 Å². The Labute approximate surface area is 225 Å². The number of hydrogen-bond donors (Lipinski definition) is 1. The molecule has 1 aliphatic heterocycles. The SMILES string of the molecule is CC1CN(Cc2ccc(F)cc2)CCN1C(=O)c1ccc(NS(=O)(=O)c2cccc3cccnc23)cc1Cl. The van der Waals surface area contributed by atoms with Crippen molar-refractivity contribution in [1.82, 2.24) is 14.8 Å². The molecule has 1 amide bonds. The summed E-state index contributed by atoms with van der Waals surface area (Å²) in [4.78, 5) is 21.6. The lowest BCUT2D eigenvalue weighted by molar-refractivity contribution is 0.0475. The van der Waals surface area contributed by atoms with Gasteiger partial charge in [0.15, 0.2) is 0 Å². The number of benzene rings is 3.